The van der Waals surface area contributed by atoms with Crippen molar-refractivity contribution in [2.45, 2.75) is 18.4 Å². The maximum atomic E-state index is 10.6. The highest BCUT2D eigenvalue weighted by atomic mass is 16.4. The zero-order valence-electron chi connectivity index (χ0n) is 9.89. The molecule has 0 saturated carbocycles. The van der Waals surface area contributed by atoms with E-state index < -0.39 is 42.8 Å². The number of hydrogen-bond donors (Lipinski definition) is 7. The van der Waals surface area contributed by atoms with Crippen LogP contribution in [0.15, 0.2) is 0 Å². The zero-order valence-corrected chi connectivity index (χ0v) is 9.89. The molecule has 0 aromatic carbocycles. The monoisotopic (exact) mass is 268 g/mol. The number of rotatable bonds is 8. The fraction of sp³-hybridized carbons (Fsp3) is 0.625. The van der Waals surface area contributed by atoms with Crippen molar-refractivity contribution < 1.29 is 29.7 Å². The Balaban J connectivity index is -0.00000112. The van der Waals surface area contributed by atoms with Gasteiger partial charge in [0, 0.05) is 6.54 Å². The van der Waals surface area contributed by atoms with Crippen LogP contribution in [0.5, 0.6) is 0 Å². The minimum absolute atomic E-state index is 0. The van der Waals surface area contributed by atoms with Gasteiger partial charge in [0.1, 0.15) is 0 Å². The van der Waals surface area contributed by atoms with Gasteiger partial charge in [-0.05, 0) is 0 Å². The predicted molar refractivity (Wildman–Crippen MR) is 62.0 cm³/mol. The second-order valence-corrected chi connectivity index (χ2v) is 3.37. The molecule has 0 radical (unpaired) electrons. The molecule has 10 heteroatoms. The Labute approximate surface area is 103 Å². The third-order valence-corrected chi connectivity index (χ3v) is 1.98. The summed E-state index contributed by atoms with van der Waals surface area (Å²) in [4.78, 5) is 31.5. The van der Waals surface area contributed by atoms with E-state index in [1.807, 2.05) is 0 Å². The summed E-state index contributed by atoms with van der Waals surface area (Å²) < 4.78 is 0. The van der Waals surface area contributed by atoms with E-state index in [1.54, 1.807) is 0 Å². The molecule has 0 aromatic heterocycles. The SMILES string of the molecule is N.N.NCC(CC(=O)O)(CC(=O)O)NCC(=O)O. The molecule has 0 aliphatic heterocycles. The molecule has 0 unspecified atom stereocenters. The van der Waals surface area contributed by atoms with Crippen LogP contribution in [0, 0.1) is 0 Å². The molecule has 12 N–H and O–H groups in total. The summed E-state index contributed by atoms with van der Waals surface area (Å²) >= 11 is 0. The molecule has 10 nitrogen and oxygen atoms in total. The van der Waals surface area contributed by atoms with E-state index in [9.17, 15) is 14.4 Å². The molecule has 0 aliphatic carbocycles. The summed E-state index contributed by atoms with van der Waals surface area (Å²) in [6.07, 6.45) is -1.11. The minimum Gasteiger partial charge on any atom is -0.481 e. The van der Waals surface area contributed by atoms with Crippen LogP contribution in [0.2, 0.25) is 0 Å². The van der Waals surface area contributed by atoms with Crippen LogP contribution in [0.1, 0.15) is 12.8 Å². The first-order chi connectivity index (χ1) is 7.31. The van der Waals surface area contributed by atoms with Crippen molar-refractivity contribution in [3.63, 3.8) is 0 Å². The predicted octanol–water partition coefficient (Wildman–Crippen LogP) is -1.37. The van der Waals surface area contributed by atoms with Gasteiger partial charge in [-0.2, -0.15) is 0 Å². The molecule has 0 saturated heterocycles. The fourth-order valence-electron chi connectivity index (χ4n) is 1.25. The number of nitrogens with one attached hydrogen (secondary N) is 1. The first-order valence-corrected chi connectivity index (χ1v) is 4.42. The van der Waals surface area contributed by atoms with Crippen LogP contribution in [-0.4, -0.2) is 51.9 Å². The summed E-state index contributed by atoms with van der Waals surface area (Å²) in [5.41, 5.74) is 3.87. The van der Waals surface area contributed by atoms with E-state index in [0.717, 1.165) is 0 Å². The quantitative estimate of drug-likeness (QED) is 0.273. The van der Waals surface area contributed by atoms with E-state index in [2.05, 4.69) is 5.32 Å². The molecule has 0 fully saturated rings. The topological polar surface area (TPSA) is 220 Å². The van der Waals surface area contributed by atoms with E-state index in [-0.39, 0.29) is 18.8 Å². The number of aliphatic carboxylic acids is 3. The number of hydrogen-bond acceptors (Lipinski definition) is 7. The summed E-state index contributed by atoms with van der Waals surface area (Å²) in [6.45, 7) is -0.823. The molecule has 0 amide bonds. The van der Waals surface area contributed by atoms with Gasteiger partial charge in [0.2, 0.25) is 0 Å². The van der Waals surface area contributed by atoms with Gasteiger partial charge in [-0.25, -0.2) is 0 Å². The van der Waals surface area contributed by atoms with Crippen molar-refractivity contribution in [3.8, 4) is 0 Å². The molecule has 0 atom stereocenters. The molecule has 0 bridgehead atoms. The third kappa shape index (κ3) is 8.41. The van der Waals surface area contributed by atoms with Gasteiger partial charge in [-0.15, -0.1) is 0 Å². The maximum absolute atomic E-state index is 10.6. The minimum atomic E-state index is -1.43. The van der Waals surface area contributed by atoms with Crippen molar-refractivity contribution >= 4 is 17.9 Å². The van der Waals surface area contributed by atoms with Gasteiger partial charge in [0.05, 0.1) is 24.9 Å². The van der Waals surface area contributed by atoms with Crippen LogP contribution in [-0.2, 0) is 14.4 Å². The Kier molecular flexibility index (Phi) is 11.1. The van der Waals surface area contributed by atoms with Crippen LogP contribution < -0.4 is 23.4 Å². The third-order valence-electron chi connectivity index (χ3n) is 1.98. The van der Waals surface area contributed by atoms with Crippen LogP contribution >= 0.6 is 0 Å². The molecule has 0 spiro atoms. The van der Waals surface area contributed by atoms with E-state index in [0.29, 0.717) is 0 Å². The normalized spacial score (nSPS) is 9.83. The number of carbonyl (C=O) groups is 3. The van der Waals surface area contributed by atoms with Crippen molar-refractivity contribution in [2.24, 2.45) is 5.73 Å². The molecule has 0 aliphatic rings. The zero-order chi connectivity index (χ0) is 12.8. The van der Waals surface area contributed by atoms with Crippen LogP contribution in [0.4, 0.5) is 0 Å². The summed E-state index contributed by atoms with van der Waals surface area (Å²) in [5.74, 6) is -3.71. The Hall–Kier alpha value is -1.75. The van der Waals surface area contributed by atoms with Gasteiger partial charge in [0.15, 0.2) is 0 Å². The number of nitrogens with two attached hydrogens (primary N) is 1. The fourth-order valence-corrected chi connectivity index (χ4v) is 1.25. The largest absolute Gasteiger partial charge is 0.481 e. The molecule has 0 rings (SSSR count). The average molecular weight is 268 g/mol. The lowest BCUT2D eigenvalue weighted by Crippen LogP contribution is -2.55. The Morgan fingerprint density at radius 2 is 1.33 bits per heavy atom. The van der Waals surface area contributed by atoms with Crippen LogP contribution in [0.25, 0.3) is 0 Å². The van der Waals surface area contributed by atoms with Gasteiger partial charge in [0.25, 0.3) is 0 Å². The lowest BCUT2D eigenvalue weighted by Gasteiger charge is -2.30. The highest BCUT2D eigenvalue weighted by molar-refractivity contribution is 5.74. The first-order valence-electron chi connectivity index (χ1n) is 4.42. The smallest absolute Gasteiger partial charge is 0.317 e. The summed E-state index contributed by atoms with van der Waals surface area (Å²) in [7, 11) is 0. The average Bonchev–Trinajstić information content (AvgIpc) is 2.12. The van der Waals surface area contributed by atoms with Gasteiger partial charge >= 0.3 is 17.9 Å². The second kappa shape index (κ2) is 9.30. The Morgan fingerprint density at radius 3 is 1.56 bits per heavy atom. The van der Waals surface area contributed by atoms with Crippen molar-refractivity contribution in [2.75, 3.05) is 13.1 Å². The standard InChI is InChI=1S/C8H14N2O6.2H3N/c9-4-8(1-5(11)12,2-6(13)14)10-3-7(15)16;;/h10H,1-4,9H2,(H,11,12)(H,13,14)(H,15,16);2*1H3. The van der Waals surface area contributed by atoms with Crippen LogP contribution in [0.3, 0.4) is 0 Å². The molecule has 0 aromatic rings. The number of carboxylic acids is 3. The second-order valence-electron chi connectivity index (χ2n) is 3.37. The highest BCUT2D eigenvalue weighted by Gasteiger charge is 2.34. The van der Waals surface area contributed by atoms with Gasteiger partial charge < -0.3 is 33.4 Å². The summed E-state index contributed by atoms with van der Waals surface area (Å²) in [6, 6.07) is 0. The Morgan fingerprint density at radius 1 is 0.944 bits per heavy atom. The lowest BCUT2D eigenvalue weighted by molar-refractivity contribution is -0.143. The summed E-state index contributed by atoms with van der Waals surface area (Å²) in [5, 5.41) is 28.0. The van der Waals surface area contributed by atoms with Crippen molar-refractivity contribution in [1.29, 1.82) is 0 Å². The van der Waals surface area contributed by atoms with Gasteiger partial charge in [-0.3, -0.25) is 19.7 Å². The molecule has 0 heterocycles. The Bertz CT molecular complexity index is 279. The number of carboxylic acid groups (broad SMARTS) is 3. The van der Waals surface area contributed by atoms with Crippen molar-refractivity contribution in [3.05, 3.63) is 0 Å². The first kappa shape index (κ1) is 21.5. The maximum Gasteiger partial charge on any atom is 0.317 e. The highest BCUT2D eigenvalue weighted by Crippen LogP contribution is 2.14. The van der Waals surface area contributed by atoms with E-state index in [1.165, 1.54) is 0 Å². The molecule has 18 heavy (non-hydrogen) atoms. The molecule has 108 valence electrons. The molecular formula is C8H20N4O6. The van der Waals surface area contributed by atoms with E-state index in [4.69, 9.17) is 21.1 Å². The van der Waals surface area contributed by atoms with Gasteiger partial charge in [-0.1, -0.05) is 0 Å². The lowest BCUT2D eigenvalue weighted by atomic mass is 9.91. The molecular weight excluding hydrogens is 248 g/mol. The van der Waals surface area contributed by atoms with E-state index >= 15 is 0 Å². The van der Waals surface area contributed by atoms with Crippen molar-refractivity contribution in [1.82, 2.24) is 17.6 Å².